The van der Waals surface area contributed by atoms with Crippen molar-refractivity contribution in [1.82, 2.24) is 0 Å². The molecule has 0 aliphatic heterocycles. The van der Waals surface area contributed by atoms with Crippen molar-refractivity contribution >= 4 is 21.4 Å². The zero-order chi connectivity index (χ0) is 17.5. The molecule has 1 aliphatic carbocycles. The van der Waals surface area contributed by atoms with Gasteiger partial charge < -0.3 is 10.8 Å². The number of halogens is 1. The molecule has 0 unspecified atom stereocenters. The van der Waals surface area contributed by atoms with E-state index in [4.69, 9.17) is 17.3 Å². The highest BCUT2D eigenvalue weighted by Crippen LogP contribution is 2.63. The third-order valence-electron chi connectivity index (χ3n) is 4.95. The first-order chi connectivity index (χ1) is 11.4. The molecule has 0 radical (unpaired) electrons. The molecule has 3 rings (SSSR count). The van der Waals surface area contributed by atoms with Gasteiger partial charge in [-0.2, -0.15) is 0 Å². The Morgan fingerprint density at radius 1 is 1.21 bits per heavy atom. The third-order valence-corrected chi connectivity index (χ3v) is 7.52. The van der Waals surface area contributed by atoms with E-state index in [1.807, 2.05) is 13.0 Å². The predicted octanol–water partition coefficient (Wildman–Crippen LogP) is 2.53. The largest absolute Gasteiger partial charge is 0.396 e. The summed E-state index contributed by atoms with van der Waals surface area (Å²) in [7, 11) is -3.61. The van der Waals surface area contributed by atoms with Crippen LogP contribution >= 0.6 is 11.6 Å². The Morgan fingerprint density at radius 3 is 2.42 bits per heavy atom. The van der Waals surface area contributed by atoms with Gasteiger partial charge in [0.15, 0.2) is 9.84 Å². The number of benzene rings is 2. The van der Waals surface area contributed by atoms with Crippen molar-refractivity contribution < 1.29 is 13.5 Å². The zero-order valence-electron chi connectivity index (χ0n) is 13.3. The van der Waals surface area contributed by atoms with Gasteiger partial charge in [-0.15, -0.1) is 0 Å². The molecule has 0 saturated heterocycles. The molecule has 6 heteroatoms. The molecule has 3 atom stereocenters. The van der Waals surface area contributed by atoms with E-state index in [0.717, 1.165) is 11.1 Å². The maximum atomic E-state index is 13.1. The first-order valence-electron chi connectivity index (χ1n) is 7.74. The van der Waals surface area contributed by atoms with E-state index in [0.29, 0.717) is 5.02 Å². The van der Waals surface area contributed by atoms with E-state index in [1.165, 1.54) is 0 Å². The van der Waals surface area contributed by atoms with Crippen LogP contribution in [0.3, 0.4) is 0 Å². The highest BCUT2D eigenvalue weighted by atomic mass is 35.5. The van der Waals surface area contributed by atoms with E-state index in [-0.39, 0.29) is 24.0 Å². The second kappa shape index (κ2) is 6.15. The molecule has 128 valence electrons. The smallest absolute Gasteiger partial charge is 0.182 e. The molecule has 0 spiro atoms. The van der Waals surface area contributed by atoms with Gasteiger partial charge in [-0.25, -0.2) is 8.42 Å². The molecule has 0 amide bonds. The average molecular weight is 366 g/mol. The monoisotopic (exact) mass is 365 g/mol. The Labute approximate surface area is 147 Å². The summed E-state index contributed by atoms with van der Waals surface area (Å²) >= 11 is 6.05. The van der Waals surface area contributed by atoms with Crippen molar-refractivity contribution in [2.45, 2.75) is 23.0 Å². The molecular weight excluding hydrogens is 346 g/mol. The lowest BCUT2D eigenvalue weighted by molar-refractivity contribution is 0.212. The number of aryl methyl sites for hydroxylation is 1. The van der Waals surface area contributed by atoms with Crippen molar-refractivity contribution in [3.63, 3.8) is 0 Å². The van der Waals surface area contributed by atoms with Gasteiger partial charge >= 0.3 is 0 Å². The summed E-state index contributed by atoms with van der Waals surface area (Å²) in [5.74, 6) is -0.363. The first kappa shape index (κ1) is 17.4. The maximum Gasteiger partial charge on any atom is 0.182 e. The molecule has 1 fully saturated rings. The lowest BCUT2D eigenvalue weighted by Crippen LogP contribution is -2.27. The molecule has 3 N–H and O–H groups in total. The van der Waals surface area contributed by atoms with Crippen molar-refractivity contribution in [1.29, 1.82) is 0 Å². The van der Waals surface area contributed by atoms with Crippen LogP contribution in [-0.4, -0.2) is 31.9 Å². The zero-order valence-corrected chi connectivity index (χ0v) is 14.9. The van der Waals surface area contributed by atoms with Gasteiger partial charge in [0.1, 0.15) is 0 Å². The summed E-state index contributed by atoms with van der Waals surface area (Å²) in [5, 5.41) is 9.69. The Kier molecular flexibility index (Phi) is 4.47. The fraction of sp³-hybridized carbons (Fsp3) is 0.333. The number of sulfone groups is 1. The highest BCUT2D eigenvalue weighted by Gasteiger charge is 2.70. The van der Waals surface area contributed by atoms with Crippen LogP contribution in [0.15, 0.2) is 53.4 Å². The van der Waals surface area contributed by atoms with Crippen molar-refractivity contribution in [2.24, 2.45) is 11.1 Å². The number of nitrogens with two attached hydrogens (primary N) is 1. The average Bonchev–Trinajstić information content (AvgIpc) is 3.26. The molecule has 2 aromatic rings. The van der Waals surface area contributed by atoms with Gasteiger partial charge in [0.2, 0.25) is 0 Å². The van der Waals surface area contributed by atoms with Crippen LogP contribution in [0.25, 0.3) is 0 Å². The summed E-state index contributed by atoms with van der Waals surface area (Å²) in [6, 6.07) is 13.9. The van der Waals surface area contributed by atoms with Crippen molar-refractivity contribution in [2.75, 3.05) is 13.2 Å². The molecule has 0 heterocycles. The molecule has 24 heavy (non-hydrogen) atoms. The van der Waals surface area contributed by atoms with Gasteiger partial charge in [0.05, 0.1) is 16.8 Å². The van der Waals surface area contributed by atoms with Gasteiger partial charge in [-0.05, 0) is 36.8 Å². The van der Waals surface area contributed by atoms with Crippen molar-refractivity contribution in [3.05, 3.63) is 64.7 Å². The summed E-state index contributed by atoms with van der Waals surface area (Å²) in [4.78, 5) is 0.258. The van der Waals surface area contributed by atoms with Gasteiger partial charge in [-0.3, -0.25) is 0 Å². The number of hydrogen-bond donors (Lipinski definition) is 2. The number of hydrogen-bond acceptors (Lipinski definition) is 4. The SMILES string of the molecule is Cc1ccc(S(=O)(=O)[C@@H]2[C@H](c3cccc(Cl)c3)[C@]2(CN)CO)cc1. The minimum absolute atomic E-state index is 0.0937. The Hall–Kier alpha value is -1.40. The molecule has 1 aliphatic rings. The molecule has 0 bridgehead atoms. The van der Waals surface area contributed by atoms with Gasteiger partial charge in [0, 0.05) is 22.9 Å². The van der Waals surface area contributed by atoms with Crippen molar-refractivity contribution in [3.8, 4) is 0 Å². The minimum atomic E-state index is -3.61. The molecule has 4 nitrogen and oxygen atoms in total. The normalized spacial score (nSPS) is 26.3. The number of aliphatic hydroxyl groups excluding tert-OH is 1. The van der Waals surface area contributed by atoms with Crippen LogP contribution in [-0.2, 0) is 9.84 Å². The Bertz CT molecular complexity index is 845. The standard InChI is InChI=1S/C18H20ClNO3S/c1-12-5-7-15(8-6-12)24(22,23)17-16(18(17,10-20)11-21)13-3-2-4-14(19)9-13/h2-9,16-17,21H,10-11,20H2,1H3/t16-,17+,18-/m0/s1. The van der Waals surface area contributed by atoms with Crippen LogP contribution < -0.4 is 5.73 Å². The Morgan fingerprint density at radius 2 is 1.88 bits per heavy atom. The fourth-order valence-electron chi connectivity index (χ4n) is 3.52. The van der Waals surface area contributed by atoms with Gasteiger partial charge in [-0.1, -0.05) is 41.4 Å². The van der Waals surface area contributed by atoms with E-state index in [1.54, 1.807) is 42.5 Å². The van der Waals surface area contributed by atoms with Crippen LogP contribution in [0.2, 0.25) is 5.02 Å². The lowest BCUT2D eigenvalue weighted by Gasteiger charge is -2.12. The lowest BCUT2D eigenvalue weighted by atomic mass is 10.0. The number of rotatable bonds is 5. The molecule has 0 aromatic heterocycles. The third kappa shape index (κ3) is 2.65. The Balaban J connectivity index is 2.06. The second-order valence-electron chi connectivity index (χ2n) is 6.41. The summed E-state index contributed by atoms with van der Waals surface area (Å²) < 4.78 is 26.2. The second-order valence-corrected chi connectivity index (χ2v) is 8.91. The van der Waals surface area contributed by atoms with E-state index >= 15 is 0 Å². The van der Waals surface area contributed by atoms with E-state index < -0.39 is 20.5 Å². The quantitative estimate of drug-likeness (QED) is 0.853. The van der Waals surface area contributed by atoms with E-state index in [9.17, 15) is 13.5 Å². The molecule has 2 aromatic carbocycles. The molecular formula is C18H20ClNO3S. The van der Waals surface area contributed by atoms with Crippen LogP contribution in [0.1, 0.15) is 17.0 Å². The van der Waals surface area contributed by atoms with Crippen LogP contribution in [0.4, 0.5) is 0 Å². The summed E-state index contributed by atoms with van der Waals surface area (Å²) in [5.41, 5.74) is 6.79. The van der Waals surface area contributed by atoms with E-state index in [2.05, 4.69) is 0 Å². The summed E-state index contributed by atoms with van der Waals surface area (Å²) in [6.07, 6.45) is 0. The predicted molar refractivity (Wildman–Crippen MR) is 94.9 cm³/mol. The number of aliphatic hydroxyl groups is 1. The molecule has 1 saturated carbocycles. The summed E-state index contributed by atoms with van der Waals surface area (Å²) in [6.45, 7) is 1.72. The topological polar surface area (TPSA) is 80.4 Å². The van der Waals surface area contributed by atoms with Crippen LogP contribution in [0, 0.1) is 12.3 Å². The highest BCUT2D eigenvalue weighted by molar-refractivity contribution is 7.92. The van der Waals surface area contributed by atoms with Gasteiger partial charge in [0.25, 0.3) is 0 Å². The maximum absolute atomic E-state index is 13.1. The van der Waals surface area contributed by atoms with Crippen LogP contribution in [0.5, 0.6) is 0 Å². The fourth-order valence-corrected chi connectivity index (χ4v) is 6.17. The first-order valence-corrected chi connectivity index (χ1v) is 9.66. The minimum Gasteiger partial charge on any atom is -0.396 e.